The van der Waals surface area contributed by atoms with Crippen molar-refractivity contribution in [3.63, 3.8) is 0 Å². The smallest absolute Gasteiger partial charge is 0.352 e. The normalized spacial score (nSPS) is 16.6. The van der Waals surface area contributed by atoms with Gasteiger partial charge in [0.2, 0.25) is 17.1 Å². The summed E-state index contributed by atoms with van der Waals surface area (Å²) in [5, 5.41) is 22.7. The van der Waals surface area contributed by atoms with Gasteiger partial charge in [-0.2, -0.15) is 0 Å². The SMILES string of the molecule is CC(=O)OCC1=C(C(=O)O)N2C(=O)[C@@H](NC(=O)C(NC(=O)c3c(C)oc4c(OC(C)=O)c(OC(C)=O)ccc4c3=O)c3ccc(OCC(=O)O)cc3)[C@@H]2SC1. The zero-order chi connectivity index (χ0) is 40.3. The van der Waals surface area contributed by atoms with Gasteiger partial charge in [-0.1, -0.05) is 12.1 Å². The molecule has 5 rings (SSSR count). The van der Waals surface area contributed by atoms with Crippen LogP contribution in [0.25, 0.3) is 11.0 Å². The summed E-state index contributed by atoms with van der Waals surface area (Å²) in [5.74, 6) is -8.61. The molecule has 1 fully saturated rings. The molecule has 1 saturated heterocycles. The first kappa shape index (κ1) is 39.5. The van der Waals surface area contributed by atoms with Gasteiger partial charge in [0, 0.05) is 32.1 Å². The Labute approximate surface area is 313 Å². The molecule has 55 heavy (non-hydrogen) atoms. The van der Waals surface area contributed by atoms with Crippen molar-refractivity contribution >= 4 is 70.3 Å². The van der Waals surface area contributed by atoms with Gasteiger partial charge in [0.05, 0.1) is 5.39 Å². The van der Waals surface area contributed by atoms with Crippen LogP contribution in [-0.2, 0) is 38.3 Å². The topological polar surface area (TPSA) is 271 Å². The van der Waals surface area contributed by atoms with E-state index in [-0.39, 0.29) is 51.7 Å². The molecule has 0 bridgehead atoms. The highest BCUT2D eigenvalue weighted by Crippen LogP contribution is 2.41. The van der Waals surface area contributed by atoms with E-state index >= 15 is 0 Å². The molecule has 4 N–H and O–H groups in total. The van der Waals surface area contributed by atoms with Crippen LogP contribution in [0.3, 0.4) is 0 Å². The van der Waals surface area contributed by atoms with E-state index in [0.29, 0.717) is 0 Å². The number of ether oxygens (including phenoxy) is 4. The minimum atomic E-state index is -1.62. The number of fused-ring (bicyclic) bond motifs is 2. The van der Waals surface area contributed by atoms with E-state index in [2.05, 4.69) is 10.6 Å². The van der Waals surface area contributed by atoms with Crippen LogP contribution in [0, 0.1) is 6.92 Å². The predicted octanol–water partition coefficient (Wildman–Crippen LogP) is 1.19. The Hall–Kier alpha value is -6.70. The second-order valence-corrected chi connectivity index (χ2v) is 13.0. The summed E-state index contributed by atoms with van der Waals surface area (Å²) in [6.07, 6.45) is 0. The molecule has 288 valence electrons. The maximum atomic E-state index is 14.0. The number of aliphatic carboxylic acids is 2. The molecule has 2 aliphatic heterocycles. The zero-order valence-electron chi connectivity index (χ0n) is 29.3. The molecule has 1 unspecified atom stereocenters. The predicted molar refractivity (Wildman–Crippen MR) is 186 cm³/mol. The Morgan fingerprint density at radius 3 is 2.22 bits per heavy atom. The number of aryl methyl sites for hydroxylation is 1. The summed E-state index contributed by atoms with van der Waals surface area (Å²) in [6, 6.07) is 4.74. The minimum Gasteiger partial charge on any atom is -0.482 e. The quantitative estimate of drug-likeness (QED) is 0.108. The van der Waals surface area contributed by atoms with Crippen LogP contribution in [-0.4, -0.2) is 93.1 Å². The second kappa shape index (κ2) is 16.1. The fourth-order valence-electron chi connectivity index (χ4n) is 5.69. The van der Waals surface area contributed by atoms with Gasteiger partial charge in [-0.25, -0.2) is 9.59 Å². The number of carbonyl (C=O) groups excluding carboxylic acids is 6. The van der Waals surface area contributed by atoms with Crippen LogP contribution < -0.4 is 30.3 Å². The average Bonchev–Trinajstić information content (AvgIpc) is 3.11. The van der Waals surface area contributed by atoms with Crippen molar-refractivity contribution in [3.05, 3.63) is 74.8 Å². The second-order valence-electron chi connectivity index (χ2n) is 11.9. The van der Waals surface area contributed by atoms with Crippen molar-refractivity contribution in [1.29, 1.82) is 0 Å². The third-order valence-electron chi connectivity index (χ3n) is 7.99. The lowest BCUT2D eigenvalue weighted by atomic mass is 10.0. The van der Waals surface area contributed by atoms with Gasteiger partial charge in [0.1, 0.15) is 46.8 Å². The highest BCUT2D eigenvalue weighted by atomic mass is 32.2. The van der Waals surface area contributed by atoms with Crippen LogP contribution in [0.2, 0.25) is 0 Å². The number of benzene rings is 2. The van der Waals surface area contributed by atoms with E-state index in [9.17, 15) is 48.3 Å². The highest BCUT2D eigenvalue weighted by molar-refractivity contribution is 8.00. The Kier molecular flexibility index (Phi) is 11.6. The number of thioether (sulfide) groups is 1. The van der Waals surface area contributed by atoms with Gasteiger partial charge in [0.15, 0.2) is 17.9 Å². The monoisotopic (exact) mass is 781 g/mol. The molecule has 0 saturated carbocycles. The number of carbonyl (C=O) groups is 8. The summed E-state index contributed by atoms with van der Waals surface area (Å²) in [7, 11) is 0. The molecule has 2 aromatic carbocycles. The van der Waals surface area contributed by atoms with Gasteiger partial charge in [-0.05, 0) is 36.8 Å². The molecular formula is C35H31N3O16S. The summed E-state index contributed by atoms with van der Waals surface area (Å²) in [5.41, 5.74) is -1.93. The van der Waals surface area contributed by atoms with Crippen LogP contribution in [0.5, 0.6) is 17.2 Å². The van der Waals surface area contributed by atoms with Crippen molar-refractivity contribution in [2.24, 2.45) is 0 Å². The lowest BCUT2D eigenvalue weighted by molar-refractivity contribution is -0.151. The van der Waals surface area contributed by atoms with Crippen LogP contribution in [0.1, 0.15) is 48.5 Å². The van der Waals surface area contributed by atoms with Crippen molar-refractivity contribution in [2.45, 2.75) is 45.2 Å². The molecular weight excluding hydrogens is 750 g/mol. The molecule has 3 amide bonds. The first-order valence-electron chi connectivity index (χ1n) is 16.0. The number of hydrogen-bond donors (Lipinski definition) is 4. The third-order valence-corrected chi connectivity index (χ3v) is 9.33. The van der Waals surface area contributed by atoms with E-state index in [1.165, 1.54) is 37.3 Å². The van der Waals surface area contributed by atoms with E-state index in [4.69, 9.17) is 28.5 Å². The van der Waals surface area contributed by atoms with Crippen molar-refractivity contribution in [3.8, 4) is 17.2 Å². The average molecular weight is 782 g/mol. The lowest BCUT2D eigenvalue weighted by Crippen LogP contribution is -2.71. The molecule has 1 aromatic heterocycles. The lowest BCUT2D eigenvalue weighted by Gasteiger charge is -2.49. The van der Waals surface area contributed by atoms with E-state index in [0.717, 1.165) is 43.5 Å². The molecule has 0 radical (unpaired) electrons. The van der Waals surface area contributed by atoms with Crippen LogP contribution in [0.15, 0.2) is 56.9 Å². The zero-order valence-corrected chi connectivity index (χ0v) is 30.1. The van der Waals surface area contributed by atoms with Gasteiger partial charge >= 0.3 is 29.8 Å². The summed E-state index contributed by atoms with van der Waals surface area (Å²) < 4.78 is 26.1. The Bertz CT molecular complexity index is 2250. The van der Waals surface area contributed by atoms with Gasteiger partial charge < -0.3 is 44.2 Å². The summed E-state index contributed by atoms with van der Waals surface area (Å²) >= 11 is 1.10. The number of hydrogen-bond acceptors (Lipinski definition) is 15. The molecule has 3 heterocycles. The molecule has 2 aliphatic rings. The van der Waals surface area contributed by atoms with Crippen molar-refractivity contribution in [2.75, 3.05) is 19.0 Å². The molecule has 19 nitrogen and oxygen atoms in total. The van der Waals surface area contributed by atoms with Gasteiger partial charge in [0.25, 0.3) is 11.8 Å². The first-order valence-corrected chi connectivity index (χ1v) is 17.1. The maximum absolute atomic E-state index is 14.0. The summed E-state index contributed by atoms with van der Waals surface area (Å²) in [4.78, 5) is 114. The van der Waals surface area contributed by atoms with Crippen LogP contribution >= 0.6 is 11.8 Å². The number of amides is 3. The highest BCUT2D eigenvalue weighted by Gasteiger charge is 2.54. The number of nitrogens with zero attached hydrogens (tertiary/aromatic N) is 1. The number of β-lactam (4-membered cyclic amide) rings is 1. The van der Waals surface area contributed by atoms with E-state index in [1.54, 1.807) is 0 Å². The molecule has 0 spiro atoms. The van der Waals surface area contributed by atoms with Crippen LogP contribution in [0.4, 0.5) is 0 Å². The number of carboxylic acids is 2. The third kappa shape index (κ3) is 8.43. The first-order chi connectivity index (χ1) is 26.0. The Morgan fingerprint density at radius 1 is 0.945 bits per heavy atom. The van der Waals surface area contributed by atoms with Gasteiger partial charge in [-0.15, -0.1) is 11.8 Å². The fraction of sp³-hybridized carbons (Fsp3) is 0.286. The molecule has 20 heteroatoms. The number of carboxylic acid groups (broad SMARTS) is 2. The van der Waals surface area contributed by atoms with Crippen molar-refractivity contribution < 1.29 is 71.9 Å². The Balaban J connectivity index is 1.48. The number of nitrogens with one attached hydrogen (secondary N) is 2. The fourth-order valence-corrected chi connectivity index (χ4v) is 7.01. The standard InChI is InChI=1S/C35H31N3O16S/c1-14-24(28(44)21-9-10-22(53-16(3)40)30(29(21)52-14)54-17(4)41)31(45)36-25(18-5-7-20(8-6-18)51-12-23(42)43)32(46)37-26-33(47)38-27(35(48)49)19(11-50-15(2)39)13-55-34(26)38/h5-10,25-26,34H,11-13H2,1-4H3,(H,36,45)(H,37,46)(H,42,43)(H,48,49)/t25?,26-,34+/m1/s1. The van der Waals surface area contributed by atoms with Crippen molar-refractivity contribution in [1.82, 2.24) is 15.5 Å². The number of rotatable bonds is 13. The van der Waals surface area contributed by atoms with Gasteiger partial charge in [-0.3, -0.25) is 38.5 Å². The maximum Gasteiger partial charge on any atom is 0.352 e. The van der Waals surface area contributed by atoms with E-state index in [1.807, 2.05) is 0 Å². The molecule has 3 aromatic rings. The largest absolute Gasteiger partial charge is 0.482 e. The minimum absolute atomic E-state index is 0.0479. The summed E-state index contributed by atoms with van der Waals surface area (Å²) in [6.45, 7) is 3.51. The van der Waals surface area contributed by atoms with E-state index < -0.39 is 94.1 Å². The Morgan fingerprint density at radius 2 is 1.62 bits per heavy atom. The molecule has 0 aliphatic carbocycles. The molecule has 3 atom stereocenters. The number of esters is 3.